The van der Waals surface area contributed by atoms with E-state index in [2.05, 4.69) is 25.5 Å². The van der Waals surface area contributed by atoms with E-state index in [0.717, 1.165) is 5.75 Å². The largest absolute Gasteiger partial charge is 0.342 e. The molecule has 0 aliphatic rings. The molecule has 4 aromatic heterocycles. The van der Waals surface area contributed by atoms with Gasteiger partial charge in [-0.15, -0.1) is 10.2 Å². The van der Waals surface area contributed by atoms with Crippen LogP contribution in [0.1, 0.15) is 67.4 Å². The topological polar surface area (TPSA) is 127 Å². The van der Waals surface area contributed by atoms with Crippen LogP contribution in [0.5, 0.6) is 0 Å². The lowest BCUT2D eigenvalue weighted by Crippen LogP contribution is -2.35. The Balaban J connectivity index is 1.85. The zero-order valence-corrected chi connectivity index (χ0v) is 21.1. The fraction of sp³-hybridized carbons (Fsp3) is 0.417. The lowest BCUT2D eigenvalue weighted by Gasteiger charge is -2.19. The third kappa shape index (κ3) is 4.86. The number of carbonyl (C=O) groups excluding carboxylic acids is 1. The first-order valence-corrected chi connectivity index (χ1v) is 13.0. The smallest absolute Gasteiger partial charge is 0.329 e. The van der Waals surface area contributed by atoms with Gasteiger partial charge in [0.05, 0.1) is 17.0 Å². The summed E-state index contributed by atoms with van der Waals surface area (Å²) in [6.45, 7) is 6.22. The molecule has 0 aliphatic carbocycles. The van der Waals surface area contributed by atoms with Crippen molar-refractivity contribution in [2.24, 2.45) is 0 Å². The van der Waals surface area contributed by atoms with E-state index in [1.807, 2.05) is 55.8 Å². The maximum Gasteiger partial charge on any atom is 0.329 e. The average Bonchev–Trinajstić information content (AvgIpc) is 3.27. The van der Waals surface area contributed by atoms with E-state index < -0.39 is 23.2 Å². The Morgan fingerprint density at radius 2 is 2.03 bits per heavy atom. The molecule has 0 spiro atoms. The molecule has 2 N–H and O–H groups in total. The molecule has 4 rings (SSSR count). The van der Waals surface area contributed by atoms with Gasteiger partial charge in [-0.25, -0.2) is 9.78 Å². The van der Waals surface area contributed by atoms with Crippen molar-refractivity contribution in [2.75, 3.05) is 12.0 Å². The van der Waals surface area contributed by atoms with Crippen LogP contribution in [0, 0.1) is 0 Å². The molecular formula is C24H29N7O3S. The molecule has 11 heteroatoms. The number of aryl methyl sites for hydroxylation is 1. The number of pyridine rings is 2. The lowest BCUT2D eigenvalue weighted by atomic mass is 10.0. The Kier molecular flexibility index (Phi) is 7.34. The third-order valence-corrected chi connectivity index (χ3v) is 6.46. The van der Waals surface area contributed by atoms with Crippen molar-refractivity contribution in [1.29, 1.82) is 0 Å². The summed E-state index contributed by atoms with van der Waals surface area (Å²) in [7, 11) is 0. The van der Waals surface area contributed by atoms with Crippen LogP contribution in [0.2, 0.25) is 0 Å². The van der Waals surface area contributed by atoms with Crippen molar-refractivity contribution in [3.63, 3.8) is 0 Å². The van der Waals surface area contributed by atoms with Crippen LogP contribution in [0.15, 0.2) is 40.1 Å². The number of carbonyl (C=O) groups is 1. The molecule has 35 heavy (non-hydrogen) atoms. The molecule has 0 radical (unpaired) electrons. The van der Waals surface area contributed by atoms with Crippen LogP contribution >= 0.6 is 11.8 Å². The number of fused-ring (bicyclic) bond motifs is 2. The highest BCUT2D eigenvalue weighted by Gasteiger charge is 2.25. The first-order valence-electron chi connectivity index (χ1n) is 11.6. The number of aromatic amines is 1. The van der Waals surface area contributed by atoms with Gasteiger partial charge in [0, 0.05) is 18.4 Å². The zero-order chi connectivity index (χ0) is 25.1. The Hall–Kier alpha value is -3.47. The Bertz CT molecular complexity index is 1490. The van der Waals surface area contributed by atoms with E-state index in [0.29, 0.717) is 36.6 Å². The van der Waals surface area contributed by atoms with Gasteiger partial charge in [0.1, 0.15) is 0 Å². The summed E-state index contributed by atoms with van der Waals surface area (Å²) in [4.78, 5) is 46.1. The summed E-state index contributed by atoms with van der Waals surface area (Å²) < 4.78 is 3.28. The summed E-state index contributed by atoms with van der Waals surface area (Å²) >= 11 is 1.66. The van der Waals surface area contributed by atoms with Crippen molar-refractivity contribution in [3.05, 3.63) is 68.4 Å². The minimum Gasteiger partial charge on any atom is -0.342 e. The number of nitrogens with one attached hydrogen (secondary N) is 2. The van der Waals surface area contributed by atoms with Gasteiger partial charge in [-0.05, 0) is 49.0 Å². The molecule has 0 fully saturated rings. The molecule has 1 atom stereocenters. The van der Waals surface area contributed by atoms with E-state index in [1.54, 1.807) is 17.8 Å². The van der Waals surface area contributed by atoms with Gasteiger partial charge in [0.25, 0.3) is 11.5 Å². The zero-order valence-electron chi connectivity index (χ0n) is 20.2. The van der Waals surface area contributed by atoms with E-state index in [9.17, 15) is 14.4 Å². The van der Waals surface area contributed by atoms with Gasteiger partial charge in [0.15, 0.2) is 17.1 Å². The number of H-pyrrole nitrogens is 1. The van der Waals surface area contributed by atoms with Gasteiger partial charge in [-0.3, -0.25) is 23.5 Å². The van der Waals surface area contributed by atoms with Crippen molar-refractivity contribution in [1.82, 2.24) is 34.4 Å². The molecule has 0 bridgehead atoms. The van der Waals surface area contributed by atoms with Crippen molar-refractivity contribution in [3.8, 4) is 0 Å². The van der Waals surface area contributed by atoms with Gasteiger partial charge < -0.3 is 5.32 Å². The monoisotopic (exact) mass is 495 g/mol. The van der Waals surface area contributed by atoms with Crippen molar-refractivity contribution >= 4 is 34.3 Å². The second-order valence-corrected chi connectivity index (χ2v) is 9.64. The van der Waals surface area contributed by atoms with Crippen LogP contribution < -0.4 is 16.6 Å². The highest BCUT2D eigenvalue weighted by molar-refractivity contribution is 7.98. The van der Waals surface area contributed by atoms with Gasteiger partial charge in [-0.2, -0.15) is 11.8 Å². The number of thioether (sulfide) groups is 1. The Labute approximate surface area is 206 Å². The van der Waals surface area contributed by atoms with Gasteiger partial charge in [0.2, 0.25) is 0 Å². The van der Waals surface area contributed by atoms with E-state index in [1.165, 1.54) is 4.57 Å². The maximum atomic E-state index is 13.7. The predicted octanol–water partition coefficient (Wildman–Crippen LogP) is 2.89. The summed E-state index contributed by atoms with van der Waals surface area (Å²) in [5.74, 6) is 0.966. The molecule has 4 aromatic rings. The lowest BCUT2D eigenvalue weighted by molar-refractivity contribution is 0.0935. The number of nitrogens with zero attached hydrogens (tertiary/aromatic N) is 5. The Morgan fingerprint density at radius 3 is 2.74 bits per heavy atom. The van der Waals surface area contributed by atoms with Gasteiger partial charge >= 0.3 is 5.69 Å². The van der Waals surface area contributed by atoms with E-state index >= 15 is 0 Å². The first-order chi connectivity index (χ1) is 16.8. The molecule has 1 amide bonds. The van der Waals surface area contributed by atoms with Crippen LogP contribution in [0.3, 0.4) is 0 Å². The molecule has 0 saturated heterocycles. The third-order valence-electron chi connectivity index (χ3n) is 5.82. The fourth-order valence-corrected chi connectivity index (χ4v) is 4.51. The highest BCUT2D eigenvalue weighted by atomic mass is 32.2. The quantitative estimate of drug-likeness (QED) is 0.365. The van der Waals surface area contributed by atoms with Gasteiger partial charge in [-0.1, -0.05) is 26.8 Å². The second-order valence-electron chi connectivity index (χ2n) is 8.65. The summed E-state index contributed by atoms with van der Waals surface area (Å²) in [6.07, 6.45) is 5.15. The minimum atomic E-state index is -0.626. The summed E-state index contributed by atoms with van der Waals surface area (Å²) in [6, 6.07) is 6.82. The molecule has 0 aromatic carbocycles. The molecule has 0 aliphatic heterocycles. The van der Waals surface area contributed by atoms with E-state index in [4.69, 9.17) is 0 Å². The van der Waals surface area contributed by atoms with Crippen LogP contribution in [-0.2, 0) is 6.54 Å². The number of rotatable bonds is 9. The maximum absolute atomic E-state index is 13.7. The number of aromatic nitrogens is 6. The number of amides is 1. The van der Waals surface area contributed by atoms with Crippen LogP contribution in [-0.4, -0.2) is 47.0 Å². The standard InChI is InChI=1S/C24H29N7O3S/c1-5-10-31-21-19(23(33)27-24(31)34)15(13-17(25-21)14(2)3)22(32)26-16(9-12-35-4)20-29-28-18-8-6-7-11-30(18)20/h6-8,11,13-14,16H,5,9-10,12H2,1-4H3,(H,26,32)(H,27,33,34). The predicted molar refractivity (Wildman–Crippen MR) is 137 cm³/mol. The minimum absolute atomic E-state index is 0.0110. The Morgan fingerprint density at radius 1 is 1.23 bits per heavy atom. The van der Waals surface area contributed by atoms with Crippen LogP contribution in [0.4, 0.5) is 0 Å². The first kappa shape index (κ1) is 24.6. The average molecular weight is 496 g/mol. The van der Waals surface area contributed by atoms with Crippen molar-refractivity contribution in [2.45, 2.75) is 52.1 Å². The highest BCUT2D eigenvalue weighted by Crippen LogP contribution is 2.23. The molecule has 0 saturated carbocycles. The fourth-order valence-electron chi connectivity index (χ4n) is 4.03. The molecule has 184 valence electrons. The molecule has 4 heterocycles. The van der Waals surface area contributed by atoms with E-state index in [-0.39, 0.29) is 22.5 Å². The van der Waals surface area contributed by atoms with Crippen LogP contribution in [0.25, 0.3) is 16.7 Å². The molecular weight excluding hydrogens is 466 g/mol. The number of hydrogen-bond acceptors (Lipinski definition) is 7. The molecule has 1 unspecified atom stereocenters. The number of hydrogen-bond donors (Lipinski definition) is 2. The normalized spacial score (nSPS) is 12.5. The SMILES string of the molecule is CCCn1c(=O)[nH]c(=O)c2c(C(=O)NC(CCSC)c3nnc4ccccn34)cc(C(C)C)nc21. The summed E-state index contributed by atoms with van der Waals surface area (Å²) in [5, 5.41) is 11.7. The summed E-state index contributed by atoms with van der Waals surface area (Å²) in [5.41, 5.74) is 0.572. The molecule has 10 nitrogen and oxygen atoms in total. The van der Waals surface area contributed by atoms with Crippen molar-refractivity contribution < 1.29 is 4.79 Å². The second kappa shape index (κ2) is 10.4.